The minimum atomic E-state index is -0.561. The Balaban J connectivity index is 2.23. The van der Waals surface area contributed by atoms with Crippen molar-refractivity contribution in [2.75, 3.05) is 17.2 Å². The van der Waals surface area contributed by atoms with Gasteiger partial charge in [-0.3, -0.25) is 9.48 Å². The van der Waals surface area contributed by atoms with Crippen molar-refractivity contribution in [3.8, 4) is 0 Å². The van der Waals surface area contributed by atoms with Gasteiger partial charge in [0.15, 0.2) is 0 Å². The second kappa shape index (κ2) is 6.21. The van der Waals surface area contributed by atoms with Gasteiger partial charge < -0.3 is 16.4 Å². The van der Waals surface area contributed by atoms with Gasteiger partial charge in [-0.05, 0) is 5.92 Å². The molecule has 0 spiro atoms. The maximum Gasteiger partial charge on any atom is 0.254 e. The van der Waals surface area contributed by atoms with E-state index in [1.54, 1.807) is 17.1 Å². The van der Waals surface area contributed by atoms with E-state index in [-0.39, 0.29) is 5.56 Å². The Labute approximate surface area is 122 Å². The molecule has 2 aromatic heterocycles. The van der Waals surface area contributed by atoms with Crippen LogP contribution in [0.5, 0.6) is 0 Å². The Bertz CT molecular complexity index is 635. The molecule has 112 valence electrons. The Morgan fingerprint density at radius 3 is 2.76 bits per heavy atom. The molecule has 21 heavy (non-hydrogen) atoms. The molecule has 0 aliphatic heterocycles. The van der Waals surface area contributed by atoms with Crippen molar-refractivity contribution in [1.29, 1.82) is 0 Å². The zero-order chi connectivity index (χ0) is 15.4. The van der Waals surface area contributed by atoms with Crippen LogP contribution in [0.3, 0.4) is 0 Å². The van der Waals surface area contributed by atoms with Gasteiger partial charge in [0, 0.05) is 26.0 Å². The lowest BCUT2D eigenvalue weighted by Gasteiger charge is -2.12. The van der Waals surface area contributed by atoms with Gasteiger partial charge in [0.25, 0.3) is 5.91 Å². The molecule has 2 aromatic rings. The number of carbonyl (C=O) groups excluding carboxylic acids is 1. The molecular weight excluding hydrogens is 270 g/mol. The summed E-state index contributed by atoms with van der Waals surface area (Å²) in [6.07, 6.45) is 4.87. The smallest absolute Gasteiger partial charge is 0.254 e. The summed E-state index contributed by atoms with van der Waals surface area (Å²) in [6, 6.07) is 0. The van der Waals surface area contributed by atoms with E-state index in [9.17, 15) is 4.79 Å². The number of hydrogen-bond donors (Lipinski definition) is 3. The Morgan fingerprint density at radius 2 is 2.19 bits per heavy atom. The van der Waals surface area contributed by atoms with Gasteiger partial charge >= 0.3 is 0 Å². The molecule has 0 saturated heterocycles. The summed E-state index contributed by atoms with van der Waals surface area (Å²) < 4.78 is 1.66. The maximum absolute atomic E-state index is 11.4. The van der Waals surface area contributed by atoms with Crippen LogP contribution in [0.1, 0.15) is 24.2 Å². The summed E-state index contributed by atoms with van der Waals surface area (Å²) in [5.41, 5.74) is 6.37. The second-order valence-corrected chi connectivity index (χ2v) is 5.12. The summed E-state index contributed by atoms with van der Waals surface area (Å²) >= 11 is 0. The lowest BCUT2D eigenvalue weighted by Crippen LogP contribution is -2.18. The fraction of sp³-hybridized carbons (Fsp3) is 0.385. The largest absolute Gasteiger partial charge is 0.369 e. The molecule has 0 fully saturated rings. The quantitative estimate of drug-likeness (QED) is 0.735. The number of aryl methyl sites for hydroxylation is 1. The molecule has 0 radical (unpaired) electrons. The monoisotopic (exact) mass is 289 g/mol. The van der Waals surface area contributed by atoms with Crippen molar-refractivity contribution >= 4 is 23.4 Å². The molecule has 0 atom stereocenters. The van der Waals surface area contributed by atoms with Crippen molar-refractivity contribution < 1.29 is 4.79 Å². The molecule has 0 saturated carbocycles. The van der Waals surface area contributed by atoms with E-state index in [4.69, 9.17) is 5.73 Å². The molecule has 0 aliphatic carbocycles. The first-order chi connectivity index (χ1) is 9.95. The third-order valence-electron chi connectivity index (χ3n) is 2.69. The molecule has 0 aromatic carbocycles. The van der Waals surface area contributed by atoms with Gasteiger partial charge in [-0.1, -0.05) is 13.8 Å². The molecule has 8 heteroatoms. The van der Waals surface area contributed by atoms with E-state index < -0.39 is 5.91 Å². The van der Waals surface area contributed by atoms with Gasteiger partial charge in [0.2, 0.25) is 5.95 Å². The highest BCUT2D eigenvalue weighted by atomic mass is 16.1. The summed E-state index contributed by atoms with van der Waals surface area (Å²) in [6.45, 7) is 4.81. The SMILES string of the molecule is CC(C)CNc1nc(Nc2cnn(C)c2)ncc1C(N)=O. The normalized spacial score (nSPS) is 10.7. The first kappa shape index (κ1) is 14.8. The van der Waals surface area contributed by atoms with E-state index in [0.29, 0.717) is 24.2 Å². The first-order valence-corrected chi connectivity index (χ1v) is 6.62. The van der Waals surface area contributed by atoms with E-state index in [1.807, 2.05) is 7.05 Å². The van der Waals surface area contributed by atoms with Crippen LogP contribution in [0.25, 0.3) is 0 Å². The van der Waals surface area contributed by atoms with Crippen molar-refractivity contribution in [2.45, 2.75) is 13.8 Å². The van der Waals surface area contributed by atoms with Crippen LogP contribution in [0.4, 0.5) is 17.5 Å². The Kier molecular flexibility index (Phi) is 4.36. The van der Waals surface area contributed by atoms with Gasteiger partial charge in [-0.15, -0.1) is 0 Å². The summed E-state index contributed by atoms with van der Waals surface area (Å²) in [5.74, 6) is 0.654. The number of nitrogens with one attached hydrogen (secondary N) is 2. The number of aromatic nitrogens is 4. The second-order valence-electron chi connectivity index (χ2n) is 5.12. The standard InChI is InChI=1S/C13H19N7O/c1-8(2)4-15-12-10(11(14)21)6-16-13(19-12)18-9-5-17-20(3)7-9/h5-8H,4H2,1-3H3,(H2,14,21)(H2,15,16,18,19). The minimum absolute atomic E-state index is 0.271. The Hall–Kier alpha value is -2.64. The molecule has 2 heterocycles. The van der Waals surface area contributed by atoms with Crippen LogP contribution in [0.15, 0.2) is 18.6 Å². The van der Waals surface area contributed by atoms with E-state index in [0.717, 1.165) is 5.69 Å². The lowest BCUT2D eigenvalue weighted by atomic mass is 10.2. The Morgan fingerprint density at radius 1 is 1.43 bits per heavy atom. The maximum atomic E-state index is 11.4. The van der Waals surface area contributed by atoms with Crippen molar-refractivity contribution in [1.82, 2.24) is 19.7 Å². The van der Waals surface area contributed by atoms with E-state index in [1.165, 1.54) is 6.20 Å². The summed E-state index contributed by atoms with van der Waals surface area (Å²) in [5, 5.41) is 10.2. The molecule has 4 N–H and O–H groups in total. The highest BCUT2D eigenvalue weighted by Crippen LogP contribution is 2.17. The van der Waals surface area contributed by atoms with Crippen molar-refractivity contribution in [3.63, 3.8) is 0 Å². The van der Waals surface area contributed by atoms with Crippen LogP contribution in [0.2, 0.25) is 0 Å². The summed E-state index contributed by atoms with van der Waals surface area (Å²) in [7, 11) is 1.82. The van der Waals surface area contributed by atoms with Crippen LogP contribution >= 0.6 is 0 Å². The number of rotatable bonds is 6. The minimum Gasteiger partial charge on any atom is -0.369 e. The van der Waals surface area contributed by atoms with E-state index in [2.05, 4.69) is 39.5 Å². The zero-order valence-corrected chi connectivity index (χ0v) is 12.3. The topological polar surface area (TPSA) is 111 Å². The van der Waals surface area contributed by atoms with Gasteiger partial charge in [-0.25, -0.2) is 4.98 Å². The third kappa shape index (κ3) is 3.91. The number of nitrogens with zero attached hydrogens (tertiary/aromatic N) is 4. The van der Waals surface area contributed by atoms with Crippen LogP contribution in [-0.4, -0.2) is 32.2 Å². The van der Waals surface area contributed by atoms with Crippen LogP contribution in [-0.2, 0) is 7.05 Å². The average Bonchev–Trinajstić information content (AvgIpc) is 2.81. The first-order valence-electron chi connectivity index (χ1n) is 6.62. The fourth-order valence-electron chi connectivity index (χ4n) is 1.67. The van der Waals surface area contributed by atoms with Crippen molar-refractivity contribution in [2.24, 2.45) is 18.7 Å². The number of anilines is 3. The highest BCUT2D eigenvalue weighted by molar-refractivity contribution is 5.97. The number of primary amides is 1. The molecule has 8 nitrogen and oxygen atoms in total. The molecular formula is C13H19N7O. The fourth-order valence-corrected chi connectivity index (χ4v) is 1.67. The number of hydrogen-bond acceptors (Lipinski definition) is 6. The summed E-state index contributed by atoms with van der Waals surface area (Å²) in [4.78, 5) is 19.8. The van der Waals surface area contributed by atoms with Crippen LogP contribution in [0, 0.1) is 5.92 Å². The third-order valence-corrected chi connectivity index (χ3v) is 2.69. The number of nitrogens with two attached hydrogens (primary N) is 1. The van der Waals surface area contributed by atoms with Gasteiger partial charge in [0.05, 0.1) is 17.4 Å². The van der Waals surface area contributed by atoms with E-state index >= 15 is 0 Å². The lowest BCUT2D eigenvalue weighted by molar-refractivity contribution is 0.100. The predicted octanol–water partition coefficient (Wildman–Crippen LogP) is 1.12. The van der Waals surface area contributed by atoms with Gasteiger partial charge in [-0.2, -0.15) is 10.1 Å². The number of carbonyl (C=O) groups is 1. The average molecular weight is 289 g/mol. The number of amides is 1. The predicted molar refractivity (Wildman–Crippen MR) is 80.4 cm³/mol. The van der Waals surface area contributed by atoms with Gasteiger partial charge in [0.1, 0.15) is 5.82 Å². The molecule has 1 amide bonds. The van der Waals surface area contributed by atoms with Crippen molar-refractivity contribution in [3.05, 3.63) is 24.2 Å². The molecule has 0 aliphatic rings. The molecule has 0 bridgehead atoms. The molecule has 2 rings (SSSR count). The zero-order valence-electron chi connectivity index (χ0n) is 12.3. The highest BCUT2D eigenvalue weighted by Gasteiger charge is 2.12. The van der Waals surface area contributed by atoms with Crippen LogP contribution < -0.4 is 16.4 Å². The molecule has 0 unspecified atom stereocenters.